The maximum absolute atomic E-state index is 3.46. The summed E-state index contributed by atoms with van der Waals surface area (Å²) in [7, 11) is 0. The van der Waals surface area contributed by atoms with Gasteiger partial charge in [0.25, 0.3) is 0 Å². The van der Waals surface area contributed by atoms with Crippen molar-refractivity contribution >= 4 is 11.8 Å². The lowest BCUT2D eigenvalue weighted by Gasteiger charge is -2.20. The van der Waals surface area contributed by atoms with Gasteiger partial charge >= 0.3 is 0 Å². The van der Waals surface area contributed by atoms with Crippen molar-refractivity contribution in [2.45, 2.75) is 44.9 Å². The van der Waals surface area contributed by atoms with E-state index in [0.29, 0.717) is 0 Å². The Balaban J connectivity index is 3.14. The molecule has 86 valence electrons. The van der Waals surface area contributed by atoms with Gasteiger partial charge in [-0.1, -0.05) is 6.92 Å². The highest BCUT2D eigenvalue weighted by molar-refractivity contribution is 7.99. The average Bonchev–Trinajstić information content (AvgIpc) is 2.08. The molecule has 0 fully saturated rings. The zero-order chi connectivity index (χ0) is 11.0. The molecule has 0 aliphatic rings. The number of nitrogens with one attached hydrogen (secondary N) is 2. The van der Waals surface area contributed by atoms with Gasteiger partial charge in [0.15, 0.2) is 0 Å². The van der Waals surface area contributed by atoms with Gasteiger partial charge in [-0.05, 0) is 40.0 Å². The molecule has 1 unspecified atom stereocenters. The van der Waals surface area contributed by atoms with Crippen LogP contribution in [-0.2, 0) is 0 Å². The predicted octanol–water partition coefficient (Wildman–Crippen LogP) is 2.11. The van der Waals surface area contributed by atoms with Crippen molar-refractivity contribution in [1.29, 1.82) is 0 Å². The summed E-state index contributed by atoms with van der Waals surface area (Å²) in [6.07, 6.45) is 3.43. The minimum Gasteiger partial charge on any atom is -0.315 e. The summed E-state index contributed by atoms with van der Waals surface area (Å²) in [5, 5.41) is 7.68. The van der Waals surface area contributed by atoms with Gasteiger partial charge in [0.1, 0.15) is 0 Å². The van der Waals surface area contributed by atoms with Crippen LogP contribution in [0.15, 0.2) is 0 Å². The maximum atomic E-state index is 3.46. The van der Waals surface area contributed by atoms with Crippen LogP contribution in [0.3, 0.4) is 0 Å². The number of rotatable bonds is 7. The third-order valence-corrected chi connectivity index (χ3v) is 3.13. The summed E-state index contributed by atoms with van der Waals surface area (Å²) >= 11 is 1.94. The molecule has 0 radical (unpaired) electrons. The van der Waals surface area contributed by atoms with E-state index in [4.69, 9.17) is 0 Å². The van der Waals surface area contributed by atoms with E-state index in [-0.39, 0.29) is 5.54 Å². The fourth-order valence-electron chi connectivity index (χ4n) is 1.07. The molecular formula is C11H26N2S. The molecule has 0 saturated heterocycles. The van der Waals surface area contributed by atoms with Gasteiger partial charge in [-0.15, -0.1) is 0 Å². The molecule has 0 amide bonds. The van der Waals surface area contributed by atoms with Crippen molar-refractivity contribution in [3.8, 4) is 0 Å². The zero-order valence-corrected chi connectivity index (χ0v) is 11.1. The monoisotopic (exact) mass is 218 g/mol. The Kier molecular flexibility index (Phi) is 7.69. The van der Waals surface area contributed by atoms with Crippen LogP contribution in [0.2, 0.25) is 0 Å². The summed E-state index contributed by atoms with van der Waals surface area (Å²) in [5.41, 5.74) is 0.244. The smallest absolute Gasteiger partial charge is 0.00970 e. The van der Waals surface area contributed by atoms with Crippen LogP contribution in [-0.4, -0.2) is 36.7 Å². The predicted molar refractivity (Wildman–Crippen MR) is 68.2 cm³/mol. The second-order valence-electron chi connectivity index (χ2n) is 4.76. The van der Waals surface area contributed by atoms with Gasteiger partial charge in [0.05, 0.1) is 0 Å². The Morgan fingerprint density at radius 2 is 1.79 bits per heavy atom. The lowest BCUT2D eigenvalue weighted by atomic mass is 10.1. The molecular weight excluding hydrogens is 192 g/mol. The Labute approximate surface area is 93.6 Å². The Morgan fingerprint density at radius 3 is 2.29 bits per heavy atom. The topological polar surface area (TPSA) is 24.1 Å². The maximum Gasteiger partial charge on any atom is 0.00970 e. The first-order valence-corrected chi connectivity index (χ1v) is 6.73. The minimum atomic E-state index is 0.244. The van der Waals surface area contributed by atoms with Crippen LogP contribution >= 0.6 is 11.8 Å². The zero-order valence-electron chi connectivity index (χ0n) is 10.3. The summed E-state index contributed by atoms with van der Waals surface area (Å²) in [5.74, 6) is 0. The highest BCUT2D eigenvalue weighted by Crippen LogP contribution is 2.07. The first kappa shape index (κ1) is 14.3. The highest BCUT2D eigenvalue weighted by atomic mass is 32.2. The molecule has 0 heterocycles. The van der Waals surface area contributed by atoms with Crippen molar-refractivity contribution < 1.29 is 0 Å². The molecule has 0 rings (SSSR count). The van der Waals surface area contributed by atoms with E-state index in [0.717, 1.165) is 24.9 Å². The quantitative estimate of drug-likeness (QED) is 0.640. The van der Waals surface area contributed by atoms with E-state index in [2.05, 4.69) is 44.6 Å². The fraction of sp³-hybridized carbons (Fsp3) is 1.00. The molecule has 2 N–H and O–H groups in total. The Morgan fingerprint density at radius 1 is 1.14 bits per heavy atom. The fourth-order valence-corrected chi connectivity index (χ4v) is 1.43. The molecule has 0 aliphatic heterocycles. The molecule has 0 saturated carbocycles. The van der Waals surface area contributed by atoms with E-state index in [1.807, 2.05) is 11.8 Å². The van der Waals surface area contributed by atoms with Gasteiger partial charge in [0.2, 0.25) is 0 Å². The van der Waals surface area contributed by atoms with Gasteiger partial charge in [-0.3, -0.25) is 0 Å². The molecule has 0 aliphatic carbocycles. The van der Waals surface area contributed by atoms with E-state index >= 15 is 0 Å². The SMILES string of the molecule is CSC(C)CCNCCNC(C)(C)C. The van der Waals surface area contributed by atoms with Crippen molar-refractivity contribution in [2.24, 2.45) is 0 Å². The minimum absolute atomic E-state index is 0.244. The Hall–Kier alpha value is 0.270. The van der Waals surface area contributed by atoms with E-state index < -0.39 is 0 Å². The molecule has 14 heavy (non-hydrogen) atoms. The first-order chi connectivity index (χ1) is 6.45. The van der Waals surface area contributed by atoms with Crippen LogP contribution in [0.4, 0.5) is 0 Å². The van der Waals surface area contributed by atoms with Crippen LogP contribution in [0.1, 0.15) is 34.1 Å². The van der Waals surface area contributed by atoms with Crippen molar-refractivity contribution in [1.82, 2.24) is 10.6 Å². The number of hydrogen-bond donors (Lipinski definition) is 2. The van der Waals surface area contributed by atoms with Crippen LogP contribution in [0, 0.1) is 0 Å². The number of thioether (sulfide) groups is 1. The van der Waals surface area contributed by atoms with E-state index in [1.165, 1.54) is 6.42 Å². The van der Waals surface area contributed by atoms with Crippen LogP contribution in [0.25, 0.3) is 0 Å². The van der Waals surface area contributed by atoms with Gasteiger partial charge < -0.3 is 10.6 Å². The standard InChI is InChI=1S/C11H26N2S/c1-10(14-5)6-7-12-8-9-13-11(2,3)4/h10,12-13H,6-9H2,1-5H3. The highest BCUT2D eigenvalue weighted by Gasteiger charge is 2.06. The molecule has 1 atom stereocenters. The first-order valence-electron chi connectivity index (χ1n) is 5.44. The second-order valence-corrected chi connectivity index (χ2v) is 6.04. The summed E-state index contributed by atoms with van der Waals surface area (Å²) in [6.45, 7) is 12.1. The van der Waals surface area contributed by atoms with E-state index in [9.17, 15) is 0 Å². The normalized spacial score (nSPS) is 14.4. The van der Waals surface area contributed by atoms with Crippen molar-refractivity contribution in [3.63, 3.8) is 0 Å². The number of hydrogen-bond acceptors (Lipinski definition) is 3. The van der Waals surface area contributed by atoms with Crippen LogP contribution in [0.5, 0.6) is 0 Å². The van der Waals surface area contributed by atoms with Crippen molar-refractivity contribution in [2.75, 3.05) is 25.9 Å². The Bertz CT molecular complexity index is 132. The molecule has 0 aromatic carbocycles. The van der Waals surface area contributed by atoms with Gasteiger partial charge in [0, 0.05) is 23.9 Å². The summed E-state index contributed by atoms with van der Waals surface area (Å²) in [4.78, 5) is 0. The van der Waals surface area contributed by atoms with E-state index in [1.54, 1.807) is 0 Å². The van der Waals surface area contributed by atoms with Crippen LogP contribution < -0.4 is 10.6 Å². The third-order valence-electron chi connectivity index (χ3n) is 2.09. The lowest BCUT2D eigenvalue weighted by molar-refractivity contribution is 0.421. The van der Waals surface area contributed by atoms with Gasteiger partial charge in [-0.25, -0.2) is 0 Å². The molecule has 3 heteroatoms. The molecule has 0 bridgehead atoms. The molecule has 2 nitrogen and oxygen atoms in total. The summed E-state index contributed by atoms with van der Waals surface area (Å²) < 4.78 is 0. The summed E-state index contributed by atoms with van der Waals surface area (Å²) in [6, 6.07) is 0. The lowest BCUT2D eigenvalue weighted by Crippen LogP contribution is -2.40. The third kappa shape index (κ3) is 10.4. The van der Waals surface area contributed by atoms with Crippen molar-refractivity contribution in [3.05, 3.63) is 0 Å². The molecule has 0 aromatic heterocycles. The molecule has 0 spiro atoms. The second kappa shape index (κ2) is 7.55. The van der Waals surface area contributed by atoms with Gasteiger partial charge in [-0.2, -0.15) is 11.8 Å². The largest absolute Gasteiger partial charge is 0.315 e. The molecule has 0 aromatic rings. The average molecular weight is 218 g/mol.